The summed E-state index contributed by atoms with van der Waals surface area (Å²) in [7, 11) is -2.83. The summed E-state index contributed by atoms with van der Waals surface area (Å²) in [4.78, 5) is 0. The van der Waals surface area contributed by atoms with Crippen LogP contribution in [0.2, 0.25) is 0 Å². The summed E-state index contributed by atoms with van der Waals surface area (Å²) >= 11 is 0. The van der Waals surface area contributed by atoms with Crippen LogP contribution in [0.3, 0.4) is 0 Å². The molecule has 4 nitrogen and oxygen atoms in total. The first-order valence-corrected chi connectivity index (χ1v) is 6.42. The molecule has 0 aromatic carbocycles. The largest absolute Gasteiger partial charge is 0.396 e. The number of fused-ring (bicyclic) bond motifs is 1. The first kappa shape index (κ1) is 9.43. The van der Waals surface area contributed by atoms with Crippen LogP contribution in [0.15, 0.2) is 0 Å². The van der Waals surface area contributed by atoms with E-state index in [1.54, 1.807) is 0 Å². The monoisotopic (exact) mass is 205 g/mol. The van der Waals surface area contributed by atoms with Crippen LogP contribution in [0.5, 0.6) is 0 Å². The molecule has 1 aliphatic heterocycles. The predicted octanol–water partition coefficient (Wildman–Crippen LogP) is -1.16. The van der Waals surface area contributed by atoms with Gasteiger partial charge in [-0.25, -0.2) is 8.42 Å². The fourth-order valence-electron chi connectivity index (χ4n) is 2.89. The Hall–Kier alpha value is -0.130. The van der Waals surface area contributed by atoms with E-state index in [2.05, 4.69) is 0 Å². The predicted molar refractivity (Wildman–Crippen MR) is 48.8 cm³/mol. The average Bonchev–Trinajstić information content (AvgIpc) is 2.30. The minimum atomic E-state index is -2.83. The van der Waals surface area contributed by atoms with Gasteiger partial charge in [-0.05, 0) is 30.2 Å². The van der Waals surface area contributed by atoms with Crippen molar-refractivity contribution < 1.29 is 13.5 Å². The minimum absolute atomic E-state index is 0.0819. The quantitative estimate of drug-likeness (QED) is 0.596. The number of rotatable bonds is 2. The highest BCUT2D eigenvalue weighted by atomic mass is 32.2. The van der Waals surface area contributed by atoms with E-state index in [0.29, 0.717) is 6.54 Å². The van der Waals surface area contributed by atoms with Crippen molar-refractivity contribution in [1.29, 1.82) is 0 Å². The van der Waals surface area contributed by atoms with Crippen molar-refractivity contribution in [2.45, 2.75) is 0 Å². The van der Waals surface area contributed by atoms with Gasteiger partial charge >= 0.3 is 0 Å². The molecular weight excluding hydrogens is 190 g/mol. The molecule has 0 aromatic heterocycles. The van der Waals surface area contributed by atoms with E-state index >= 15 is 0 Å². The van der Waals surface area contributed by atoms with E-state index in [1.165, 1.54) is 0 Å². The van der Waals surface area contributed by atoms with Gasteiger partial charge in [0.15, 0.2) is 9.84 Å². The highest BCUT2D eigenvalue weighted by molar-refractivity contribution is 7.91. The van der Waals surface area contributed by atoms with Crippen LogP contribution < -0.4 is 5.73 Å². The lowest BCUT2D eigenvalue weighted by Crippen LogP contribution is -2.51. The van der Waals surface area contributed by atoms with Crippen LogP contribution in [-0.4, -0.2) is 38.2 Å². The lowest BCUT2D eigenvalue weighted by molar-refractivity contribution is -0.0169. The molecule has 0 amide bonds. The Morgan fingerprint density at radius 2 is 1.77 bits per heavy atom. The summed E-state index contributed by atoms with van der Waals surface area (Å²) in [5, 5.41) is 9.05. The molecule has 0 bridgehead atoms. The van der Waals surface area contributed by atoms with Gasteiger partial charge in [0.05, 0.1) is 11.5 Å². The zero-order valence-corrected chi connectivity index (χ0v) is 8.20. The van der Waals surface area contributed by atoms with E-state index in [0.717, 1.165) is 0 Å². The van der Waals surface area contributed by atoms with Gasteiger partial charge in [0.25, 0.3) is 0 Å². The highest BCUT2D eigenvalue weighted by Crippen LogP contribution is 2.50. The fourth-order valence-corrected chi connectivity index (χ4v) is 5.19. The van der Waals surface area contributed by atoms with Crippen molar-refractivity contribution in [3.05, 3.63) is 0 Å². The van der Waals surface area contributed by atoms with Crippen LogP contribution in [-0.2, 0) is 9.84 Å². The number of sulfone groups is 1. The molecule has 1 aliphatic carbocycles. The molecule has 2 fully saturated rings. The average molecular weight is 205 g/mol. The molecule has 3 N–H and O–H groups in total. The minimum Gasteiger partial charge on any atom is -0.396 e. The number of nitrogens with two attached hydrogens (primary N) is 1. The van der Waals surface area contributed by atoms with Crippen molar-refractivity contribution in [3.63, 3.8) is 0 Å². The maximum atomic E-state index is 11.3. The van der Waals surface area contributed by atoms with Gasteiger partial charge in [-0.3, -0.25) is 0 Å². The maximum absolute atomic E-state index is 11.3. The highest BCUT2D eigenvalue weighted by Gasteiger charge is 2.55. The van der Waals surface area contributed by atoms with Gasteiger partial charge in [-0.2, -0.15) is 0 Å². The van der Waals surface area contributed by atoms with Crippen molar-refractivity contribution in [2.24, 2.45) is 29.4 Å². The third-order valence-electron chi connectivity index (χ3n) is 3.58. The van der Waals surface area contributed by atoms with Crippen molar-refractivity contribution >= 4 is 9.84 Å². The van der Waals surface area contributed by atoms with Gasteiger partial charge < -0.3 is 10.8 Å². The fraction of sp³-hybridized carbons (Fsp3) is 1.00. The van der Waals surface area contributed by atoms with Crippen LogP contribution in [0.4, 0.5) is 0 Å². The van der Waals surface area contributed by atoms with Gasteiger partial charge in [0.1, 0.15) is 0 Å². The van der Waals surface area contributed by atoms with E-state index in [9.17, 15) is 8.42 Å². The summed E-state index contributed by atoms with van der Waals surface area (Å²) in [6.45, 7) is 0.584. The topological polar surface area (TPSA) is 80.4 Å². The van der Waals surface area contributed by atoms with Crippen LogP contribution in [0, 0.1) is 23.7 Å². The Morgan fingerprint density at radius 1 is 1.23 bits per heavy atom. The lowest BCUT2D eigenvalue weighted by Gasteiger charge is -2.46. The molecule has 2 rings (SSSR count). The molecular formula is C8H15NO3S. The number of hydrogen-bond acceptors (Lipinski definition) is 4. The van der Waals surface area contributed by atoms with Gasteiger partial charge in [-0.15, -0.1) is 0 Å². The third-order valence-corrected chi connectivity index (χ3v) is 5.36. The molecule has 0 spiro atoms. The molecule has 4 atom stereocenters. The van der Waals surface area contributed by atoms with Crippen molar-refractivity contribution in [3.8, 4) is 0 Å². The number of aliphatic hydroxyl groups is 1. The Kier molecular flexibility index (Phi) is 2.13. The standard InChI is InChI=1S/C8H15NO3S/c9-1-5-6(2-10)8-4-13(11,12)3-7(5)8/h5-8,10H,1-4,9H2/t5-,6-,7+,8+/m1/s1. The molecule has 13 heavy (non-hydrogen) atoms. The summed E-state index contributed by atoms with van der Waals surface area (Å²) in [5.74, 6) is 1.32. The molecule has 0 unspecified atom stereocenters. The zero-order valence-electron chi connectivity index (χ0n) is 7.39. The second-order valence-corrected chi connectivity index (χ2v) is 6.30. The molecule has 2 aliphatic rings. The third kappa shape index (κ3) is 1.30. The smallest absolute Gasteiger partial charge is 0.150 e. The second-order valence-electron chi connectivity index (χ2n) is 4.15. The van der Waals surface area contributed by atoms with Gasteiger partial charge in [-0.1, -0.05) is 0 Å². The van der Waals surface area contributed by atoms with E-state index < -0.39 is 9.84 Å². The van der Waals surface area contributed by atoms with Crippen LogP contribution in [0.25, 0.3) is 0 Å². The summed E-state index contributed by atoms with van der Waals surface area (Å²) in [6, 6.07) is 0. The maximum Gasteiger partial charge on any atom is 0.150 e. The molecule has 1 saturated heterocycles. The lowest BCUT2D eigenvalue weighted by atomic mass is 9.58. The number of aliphatic hydroxyl groups excluding tert-OH is 1. The summed E-state index contributed by atoms with van der Waals surface area (Å²) in [5.41, 5.74) is 5.54. The summed E-state index contributed by atoms with van der Waals surface area (Å²) in [6.07, 6.45) is 0. The SMILES string of the molecule is NC[C@@H]1[C@@H](CO)[C@@H]2CS(=O)(=O)C[C@@H]12. The Balaban J connectivity index is 2.15. The molecule has 5 heteroatoms. The van der Waals surface area contributed by atoms with Gasteiger partial charge in [0, 0.05) is 6.61 Å². The van der Waals surface area contributed by atoms with E-state index in [1.807, 2.05) is 0 Å². The molecule has 0 aromatic rings. The van der Waals surface area contributed by atoms with Crippen LogP contribution >= 0.6 is 0 Å². The first-order valence-electron chi connectivity index (χ1n) is 4.60. The number of hydrogen-bond donors (Lipinski definition) is 2. The van der Waals surface area contributed by atoms with Crippen molar-refractivity contribution in [2.75, 3.05) is 24.7 Å². The van der Waals surface area contributed by atoms with E-state index in [-0.39, 0.29) is 41.8 Å². The molecule has 76 valence electrons. The zero-order chi connectivity index (χ0) is 9.64. The van der Waals surface area contributed by atoms with E-state index in [4.69, 9.17) is 10.8 Å². The second kappa shape index (κ2) is 2.93. The summed E-state index contributed by atoms with van der Waals surface area (Å²) < 4.78 is 22.6. The Morgan fingerprint density at radius 3 is 2.23 bits per heavy atom. The normalized spacial score (nSPS) is 46.9. The van der Waals surface area contributed by atoms with Crippen molar-refractivity contribution in [1.82, 2.24) is 0 Å². The van der Waals surface area contributed by atoms with Gasteiger partial charge in [0.2, 0.25) is 0 Å². The Bertz CT molecular complexity index is 277. The molecule has 0 radical (unpaired) electrons. The first-order chi connectivity index (χ1) is 6.09. The molecule has 1 saturated carbocycles. The Labute approximate surface area is 78.0 Å². The molecule has 1 heterocycles. The van der Waals surface area contributed by atoms with Crippen LogP contribution in [0.1, 0.15) is 0 Å².